The van der Waals surface area contributed by atoms with E-state index in [1.807, 2.05) is 0 Å². The summed E-state index contributed by atoms with van der Waals surface area (Å²) in [6.07, 6.45) is 5.08. The molecule has 5 aliphatic rings. The number of carbonyl (C=O) groups excluding carboxylic acids is 1. The average Bonchev–Trinajstić information content (AvgIpc) is 2.97. The van der Waals surface area contributed by atoms with Gasteiger partial charge in [0.05, 0.1) is 25.2 Å². The molecular formula is C21H26F2O3. The Bertz CT molecular complexity index is 683. The van der Waals surface area contributed by atoms with Crippen molar-refractivity contribution in [2.45, 2.75) is 57.5 Å². The van der Waals surface area contributed by atoms with Gasteiger partial charge in [0.15, 0.2) is 5.78 Å². The number of halogens is 2. The van der Waals surface area contributed by atoms with E-state index in [1.165, 1.54) is 11.1 Å². The first-order chi connectivity index (χ1) is 12.6. The van der Waals surface area contributed by atoms with Crippen molar-refractivity contribution >= 4 is 5.78 Å². The number of fused-ring (bicyclic) bond motifs is 4. The molecule has 0 aromatic heterocycles. The molecule has 1 spiro atoms. The Morgan fingerprint density at radius 2 is 2.12 bits per heavy atom. The van der Waals surface area contributed by atoms with Gasteiger partial charge in [-0.1, -0.05) is 11.6 Å². The molecule has 0 aromatic rings. The lowest BCUT2D eigenvalue weighted by Crippen LogP contribution is -2.50. The lowest BCUT2D eigenvalue weighted by Gasteiger charge is -2.50. The van der Waals surface area contributed by atoms with Crippen LogP contribution in [-0.4, -0.2) is 38.1 Å². The quantitative estimate of drug-likeness (QED) is 0.703. The van der Waals surface area contributed by atoms with Gasteiger partial charge < -0.3 is 9.47 Å². The van der Waals surface area contributed by atoms with E-state index in [-0.39, 0.29) is 17.6 Å². The lowest BCUT2D eigenvalue weighted by atomic mass is 9.54. The van der Waals surface area contributed by atoms with Crippen molar-refractivity contribution in [3.8, 4) is 0 Å². The molecule has 1 aliphatic heterocycles. The number of alkyl halides is 2. The van der Waals surface area contributed by atoms with E-state index >= 15 is 0 Å². The molecule has 26 heavy (non-hydrogen) atoms. The number of Topliss-reactive ketones (excluding diaryl/α,β-unsaturated/α-hetero) is 1. The second-order valence-corrected chi connectivity index (χ2v) is 8.63. The number of ether oxygens (including phenoxy) is 2. The second kappa shape index (κ2) is 6.23. The molecule has 4 aliphatic carbocycles. The molecule has 0 aromatic carbocycles. The third-order valence-electron chi connectivity index (χ3n) is 7.58. The fourth-order valence-corrected chi connectivity index (χ4v) is 6.48. The van der Waals surface area contributed by atoms with Crippen LogP contribution in [0.2, 0.25) is 0 Å². The minimum Gasteiger partial charge on any atom is -0.378 e. The van der Waals surface area contributed by atoms with Gasteiger partial charge >= 0.3 is 0 Å². The molecule has 0 radical (unpaired) electrons. The molecule has 0 N–H and O–H groups in total. The molecule has 1 unspecified atom stereocenters. The van der Waals surface area contributed by atoms with Crippen LogP contribution in [0.5, 0.6) is 0 Å². The highest BCUT2D eigenvalue weighted by Gasteiger charge is 2.63. The minimum absolute atomic E-state index is 0.0585. The molecule has 1 heterocycles. The summed E-state index contributed by atoms with van der Waals surface area (Å²) in [6, 6.07) is 0. The lowest BCUT2D eigenvalue weighted by molar-refractivity contribution is -0.149. The van der Waals surface area contributed by atoms with Gasteiger partial charge in [0, 0.05) is 5.92 Å². The fraction of sp³-hybridized carbons (Fsp3) is 0.762. The van der Waals surface area contributed by atoms with Crippen molar-refractivity contribution in [3.05, 3.63) is 22.8 Å². The maximum atomic E-state index is 14.1. The zero-order valence-corrected chi connectivity index (χ0v) is 15.0. The van der Waals surface area contributed by atoms with E-state index in [9.17, 15) is 13.6 Å². The largest absolute Gasteiger partial charge is 0.378 e. The summed E-state index contributed by atoms with van der Waals surface area (Å²) in [5.41, 5.74) is 3.14. The van der Waals surface area contributed by atoms with E-state index in [2.05, 4.69) is 6.08 Å². The van der Waals surface area contributed by atoms with Crippen LogP contribution in [0.15, 0.2) is 22.8 Å². The molecule has 5 heteroatoms. The molecule has 2 bridgehead atoms. The van der Waals surface area contributed by atoms with E-state index in [0.29, 0.717) is 32.7 Å². The summed E-state index contributed by atoms with van der Waals surface area (Å²) in [5.74, 6) is -0.801. The van der Waals surface area contributed by atoms with Crippen LogP contribution in [-0.2, 0) is 14.3 Å². The summed E-state index contributed by atoms with van der Waals surface area (Å²) in [6.45, 7) is 1.29. The molecule has 5 rings (SSSR count). The Labute approximate surface area is 152 Å². The maximum Gasteiger partial charge on any atom is 0.242 e. The highest BCUT2D eigenvalue weighted by Crippen LogP contribution is 2.61. The predicted molar refractivity (Wildman–Crippen MR) is 91.9 cm³/mol. The standard InChI is InChI=1S/C21H26F2O3/c22-20(23)15-9-12-3-1-2-4-13(12)14-5-6-21-11-25-7-8-26-17(19(21)24)10-16(21)18(14)15/h3,15-18,20H,1-2,4-11H2/t15-,16+,17?,18+,21-/m1/s1. The van der Waals surface area contributed by atoms with E-state index in [4.69, 9.17) is 9.47 Å². The molecule has 2 saturated carbocycles. The molecule has 5 atom stereocenters. The maximum absolute atomic E-state index is 14.1. The molecule has 1 saturated heterocycles. The van der Waals surface area contributed by atoms with Crippen LogP contribution in [0.3, 0.4) is 0 Å². The molecule has 0 amide bonds. The third kappa shape index (κ3) is 2.32. The summed E-state index contributed by atoms with van der Waals surface area (Å²) in [4.78, 5) is 13.1. The highest BCUT2D eigenvalue weighted by atomic mass is 19.3. The molecular weight excluding hydrogens is 338 g/mol. The fourth-order valence-electron chi connectivity index (χ4n) is 6.48. The topological polar surface area (TPSA) is 35.5 Å². The van der Waals surface area contributed by atoms with E-state index in [1.54, 1.807) is 0 Å². The SMILES string of the molecule is O=C1C2C[C@H]3[C@H]4C(=C5CCCC=C5C[C@H]4C(F)F)CC[C@]13COCCO2. The van der Waals surface area contributed by atoms with Gasteiger partial charge in [-0.15, -0.1) is 0 Å². The van der Waals surface area contributed by atoms with Crippen molar-refractivity contribution in [2.24, 2.45) is 23.2 Å². The average molecular weight is 364 g/mol. The van der Waals surface area contributed by atoms with Crippen LogP contribution in [0, 0.1) is 23.2 Å². The number of rotatable bonds is 1. The van der Waals surface area contributed by atoms with Crippen LogP contribution in [0.1, 0.15) is 44.9 Å². The first-order valence-electron chi connectivity index (χ1n) is 10.0. The van der Waals surface area contributed by atoms with Crippen LogP contribution >= 0.6 is 0 Å². The monoisotopic (exact) mass is 364 g/mol. The molecule has 142 valence electrons. The van der Waals surface area contributed by atoms with Crippen LogP contribution < -0.4 is 0 Å². The summed E-state index contributed by atoms with van der Waals surface area (Å²) < 4.78 is 39.7. The van der Waals surface area contributed by atoms with E-state index < -0.39 is 23.9 Å². The summed E-state index contributed by atoms with van der Waals surface area (Å²) in [7, 11) is 0. The minimum atomic E-state index is -2.35. The Morgan fingerprint density at radius 1 is 1.23 bits per heavy atom. The number of ketones is 1. The van der Waals surface area contributed by atoms with Gasteiger partial charge in [-0.05, 0) is 67.9 Å². The Balaban J connectivity index is 1.61. The molecule has 3 fully saturated rings. The van der Waals surface area contributed by atoms with Gasteiger partial charge in [0.2, 0.25) is 6.43 Å². The van der Waals surface area contributed by atoms with Crippen LogP contribution in [0.4, 0.5) is 8.78 Å². The van der Waals surface area contributed by atoms with E-state index in [0.717, 1.165) is 37.7 Å². The normalized spacial score (nSPS) is 42.6. The second-order valence-electron chi connectivity index (χ2n) is 8.63. The summed E-state index contributed by atoms with van der Waals surface area (Å²) in [5, 5.41) is 0. The van der Waals surface area contributed by atoms with Crippen molar-refractivity contribution in [1.82, 2.24) is 0 Å². The molecule has 3 nitrogen and oxygen atoms in total. The van der Waals surface area contributed by atoms with Crippen molar-refractivity contribution in [3.63, 3.8) is 0 Å². The van der Waals surface area contributed by atoms with Gasteiger partial charge in [0.25, 0.3) is 0 Å². The van der Waals surface area contributed by atoms with Crippen molar-refractivity contribution < 1.29 is 23.0 Å². The smallest absolute Gasteiger partial charge is 0.242 e. The Hall–Kier alpha value is -1.07. The Kier molecular flexibility index (Phi) is 4.09. The first-order valence-corrected chi connectivity index (χ1v) is 10.0. The number of allylic oxidation sites excluding steroid dienone is 4. The first kappa shape index (κ1) is 17.1. The van der Waals surface area contributed by atoms with Gasteiger partial charge in [0.1, 0.15) is 6.10 Å². The Morgan fingerprint density at radius 3 is 2.96 bits per heavy atom. The van der Waals surface area contributed by atoms with Gasteiger partial charge in [-0.3, -0.25) is 4.79 Å². The van der Waals surface area contributed by atoms with Gasteiger partial charge in [-0.2, -0.15) is 0 Å². The number of hydrogen-bond acceptors (Lipinski definition) is 3. The van der Waals surface area contributed by atoms with Crippen molar-refractivity contribution in [2.75, 3.05) is 19.8 Å². The third-order valence-corrected chi connectivity index (χ3v) is 7.58. The van der Waals surface area contributed by atoms with Gasteiger partial charge in [-0.25, -0.2) is 8.78 Å². The summed E-state index contributed by atoms with van der Waals surface area (Å²) >= 11 is 0. The number of hydrogen-bond donors (Lipinski definition) is 0. The predicted octanol–water partition coefficient (Wildman–Crippen LogP) is 4.08. The van der Waals surface area contributed by atoms with Crippen molar-refractivity contribution in [1.29, 1.82) is 0 Å². The zero-order valence-electron chi connectivity index (χ0n) is 15.0. The van der Waals surface area contributed by atoms with Crippen LogP contribution in [0.25, 0.3) is 0 Å². The highest BCUT2D eigenvalue weighted by molar-refractivity contribution is 5.92. The zero-order chi connectivity index (χ0) is 17.9. The number of carbonyl (C=O) groups is 1.